The van der Waals surface area contributed by atoms with E-state index in [-0.39, 0.29) is 30.8 Å². The second-order valence-electron chi connectivity index (χ2n) is 8.76. The molecule has 2 aromatic carbocycles. The summed E-state index contributed by atoms with van der Waals surface area (Å²) in [4.78, 5) is 14.8. The van der Waals surface area contributed by atoms with Gasteiger partial charge in [0.25, 0.3) is 0 Å². The molecule has 2 saturated heterocycles. The number of amides is 1. The van der Waals surface area contributed by atoms with Gasteiger partial charge in [-0.1, -0.05) is 53.5 Å². The maximum Gasteiger partial charge on any atom is 0.222 e. The molecule has 1 amide bonds. The van der Waals surface area contributed by atoms with Crippen molar-refractivity contribution in [3.8, 4) is 0 Å². The van der Waals surface area contributed by atoms with E-state index in [2.05, 4.69) is 10.2 Å². The van der Waals surface area contributed by atoms with Crippen LogP contribution in [0.15, 0.2) is 48.5 Å². The van der Waals surface area contributed by atoms with Crippen LogP contribution < -0.4 is 5.32 Å². The maximum absolute atomic E-state index is 12.5. The lowest BCUT2D eigenvalue weighted by molar-refractivity contribution is -0.158. The van der Waals surface area contributed by atoms with Gasteiger partial charge < -0.3 is 19.9 Å². The van der Waals surface area contributed by atoms with Gasteiger partial charge in [0.05, 0.1) is 37.9 Å². The number of rotatable bonds is 6. The Morgan fingerprint density at radius 2 is 1.88 bits per heavy atom. The van der Waals surface area contributed by atoms with Crippen molar-refractivity contribution in [3.05, 3.63) is 69.7 Å². The van der Waals surface area contributed by atoms with Crippen LogP contribution in [0.5, 0.6) is 0 Å². The monoisotopic (exact) mass is 492 g/mol. The summed E-state index contributed by atoms with van der Waals surface area (Å²) in [6, 6.07) is 15.4. The summed E-state index contributed by atoms with van der Waals surface area (Å²) in [6.07, 6.45) is 1.08. The summed E-state index contributed by atoms with van der Waals surface area (Å²) < 4.78 is 12.0. The highest BCUT2D eigenvalue weighted by molar-refractivity contribution is 6.31. The third kappa shape index (κ3) is 6.92. The van der Waals surface area contributed by atoms with Crippen LogP contribution in [0, 0.1) is 0 Å². The molecule has 2 fully saturated rings. The summed E-state index contributed by atoms with van der Waals surface area (Å²) in [7, 11) is 0. The fraction of sp³-hybridized carbons (Fsp3) is 0.480. The Morgan fingerprint density at radius 1 is 1.09 bits per heavy atom. The van der Waals surface area contributed by atoms with Gasteiger partial charge in [-0.25, -0.2) is 0 Å². The van der Waals surface area contributed by atoms with Crippen molar-refractivity contribution in [2.45, 2.75) is 56.7 Å². The van der Waals surface area contributed by atoms with Crippen molar-refractivity contribution >= 4 is 29.1 Å². The fourth-order valence-electron chi connectivity index (χ4n) is 4.57. The predicted molar refractivity (Wildman–Crippen MR) is 128 cm³/mol. The molecule has 0 bridgehead atoms. The summed E-state index contributed by atoms with van der Waals surface area (Å²) >= 11 is 12.2. The highest BCUT2D eigenvalue weighted by Gasteiger charge is 2.38. The fourth-order valence-corrected chi connectivity index (χ4v) is 4.89. The van der Waals surface area contributed by atoms with Crippen molar-refractivity contribution in [1.29, 1.82) is 0 Å². The van der Waals surface area contributed by atoms with Crippen LogP contribution in [-0.4, -0.2) is 60.0 Å². The highest BCUT2D eigenvalue weighted by Crippen LogP contribution is 2.29. The molecule has 2 aromatic rings. The molecule has 2 aliphatic heterocycles. The van der Waals surface area contributed by atoms with E-state index in [1.54, 1.807) is 0 Å². The first-order valence-electron chi connectivity index (χ1n) is 11.4. The van der Waals surface area contributed by atoms with Crippen LogP contribution >= 0.6 is 23.2 Å². The first-order chi connectivity index (χ1) is 16.0. The van der Waals surface area contributed by atoms with Gasteiger partial charge in [0.2, 0.25) is 5.91 Å². The quantitative estimate of drug-likeness (QED) is 0.641. The number of aliphatic hydroxyl groups excluding tert-OH is 1. The van der Waals surface area contributed by atoms with E-state index >= 15 is 0 Å². The van der Waals surface area contributed by atoms with Crippen molar-refractivity contribution in [1.82, 2.24) is 10.2 Å². The van der Waals surface area contributed by atoms with Crippen LogP contribution in [0.3, 0.4) is 0 Å². The van der Waals surface area contributed by atoms with Gasteiger partial charge in [-0.3, -0.25) is 9.69 Å². The molecule has 178 valence electrons. The minimum atomic E-state index is -0.549. The second-order valence-corrected chi connectivity index (χ2v) is 9.60. The Morgan fingerprint density at radius 3 is 2.67 bits per heavy atom. The number of nitrogens with one attached hydrogen (secondary N) is 1. The van der Waals surface area contributed by atoms with E-state index in [0.29, 0.717) is 42.7 Å². The van der Waals surface area contributed by atoms with Gasteiger partial charge in [-0.2, -0.15) is 0 Å². The largest absolute Gasteiger partial charge is 0.389 e. The number of β-amino-alcohol motifs (C(OH)–C–C–N with tert-alkyl or cyclic N) is 1. The van der Waals surface area contributed by atoms with Crippen LogP contribution in [0.1, 0.15) is 30.4 Å². The first kappa shape index (κ1) is 24.5. The van der Waals surface area contributed by atoms with E-state index < -0.39 is 6.10 Å². The van der Waals surface area contributed by atoms with Crippen molar-refractivity contribution in [3.63, 3.8) is 0 Å². The lowest BCUT2D eigenvalue weighted by Gasteiger charge is -2.44. The van der Waals surface area contributed by atoms with Crippen LogP contribution in [-0.2, 0) is 27.4 Å². The number of carbonyl (C=O) groups is 1. The number of nitrogens with zero attached hydrogens (tertiary/aromatic N) is 1. The normalized spacial score (nSPS) is 26.2. The van der Waals surface area contributed by atoms with Gasteiger partial charge in [-0.15, -0.1) is 0 Å². The zero-order chi connectivity index (χ0) is 23.2. The molecule has 0 aliphatic carbocycles. The van der Waals surface area contributed by atoms with E-state index in [4.69, 9.17) is 32.7 Å². The van der Waals surface area contributed by atoms with Crippen molar-refractivity contribution in [2.75, 3.05) is 19.8 Å². The molecule has 6 nitrogen and oxygen atoms in total. The molecule has 2 aliphatic rings. The number of fused-ring (bicyclic) bond motifs is 1. The average Bonchev–Trinajstić information content (AvgIpc) is 2.79. The molecule has 33 heavy (non-hydrogen) atoms. The zero-order valence-corrected chi connectivity index (χ0v) is 20.0. The van der Waals surface area contributed by atoms with Crippen LogP contribution in [0.4, 0.5) is 0 Å². The summed E-state index contributed by atoms with van der Waals surface area (Å²) in [5.41, 5.74) is 2.02. The van der Waals surface area contributed by atoms with Crippen molar-refractivity contribution in [2.24, 2.45) is 0 Å². The molecule has 4 atom stereocenters. The van der Waals surface area contributed by atoms with E-state index in [0.717, 1.165) is 24.0 Å². The first-order valence-corrected chi connectivity index (χ1v) is 12.1. The van der Waals surface area contributed by atoms with Gasteiger partial charge in [0.1, 0.15) is 0 Å². The maximum atomic E-state index is 12.5. The standard InChI is InChI=1S/C25H30Cl2N2O4/c26-19-7-5-17(6-8-19)13-29-14-20(30)15-32-16-24-23(29)10-9-21(33-24)11-25(31)28-12-18-3-1-2-4-22(18)27/h1-8,20-21,23-24,30H,9-16H2,(H,28,31)/t20-,21+,23+,24-/m0/s1. The SMILES string of the molecule is O=C(C[C@H]1CC[C@@H]2[C@H](COC[C@@H](O)CN2Cc2ccc(Cl)cc2)O1)NCc1ccccc1Cl. The molecule has 0 spiro atoms. The highest BCUT2D eigenvalue weighted by atomic mass is 35.5. The number of carbonyl (C=O) groups excluding carboxylic acids is 1. The number of hydrogen-bond acceptors (Lipinski definition) is 5. The van der Waals surface area contributed by atoms with Gasteiger partial charge in [0.15, 0.2) is 0 Å². The summed E-state index contributed by atoms with van der Waals surface area (Å²) in [6.45, 7) is 2.27. The number of halogens is 2. The predicted octanol–water partition coefficient (Wildman–Crippen LogP) is 3.81. The smallest absolute Gasteiger partial charge is 0.222 e. The molecule has 0 saturated carbocycles. The number of aliphatic hydroxyl groups is 1. The van der Waals surface area contributed by atoms with E-state index in [1.807, 2.05) is 48.5 Å². The van der Waals surface area contributed by atoms with Gasteiger partial charge in [-0.05, 0) is 42.2 Å². The Kier molecular flexibility index (Phi) is 8.63. The third-order valence-corrected chi connectivity index (χ3v) is 6.85. The lowest BCUT2D eigenvalue weighted by atomic mass is 9.94. The summed E-state index contributed by atoms with van der Waals surface area (Å²) in [5, 5.41) is 14.6. The van der Waals surface area contributed by atoms with Gasteiger partial charge >= 0.3 is 0 Å². The van der Waals surface area contributed by atoms with E-state index in [1.165, 1.54) is 0 Å². The minimum absolute atomic E-state index is 0.0569. The van der Waals surface area contributed by atoms with Gasteiger partial charge in [0, 0.05) is 35.7 Å². The number of ether oxygens (including phenoxy) is 2. The topological polar surface area (TPSA) is 71.0 Å². The number of benzene rings is 2. The molecule has 0 unspecified atom stereocenters. The van der Waals surface area contributed by atoms with Crippen LogP contribution in [0.25, 0.3) is 0 Å². The Hall–Kier alpha value is -1.67. The van der Waals surface area contributed by atoms with Crippen LogP contribution in [0.2, 0.25) is 10.0 Å². The molecule has 0 aromatic heterocycles. The van der Waals surface area contributed by atoms with E-state index in [9.17, 15) is 9.90 Å². The molecule has 2 N–H and O–H groups in total. The molecule has 2 heterocycles. The minimum Gasteiger partial charge on any atom is -0.389 e. The Balaban J connectivity index is 1.34. The second kappa shape index (κ2) is 11.6. The molecule has 8 heteroatoms. The van der Waals surface area contributed by atoms with Crippen molar-refractivity contribution < 1.29 is 19.4 Å². The average molecular weight is 493 g/mol. The Bertz CT molecular complexity index is 927. The molecular formula is C25H30Cl2N2O4. The molecule has 4 rings (SSSR count). The number of hydrogen-bond donors (Lipinski definition) is 2. The lowest BCUT2D eigenvalue weighted by Crippen LogP contribution is -2.55. The third-order valence-electron chi connectivity index (χ3n) is 6.23. The molecule has 0 radical (unpaired) electrons. The Labute approximate surface area is 204 Å². The zero-order valence-electron chi connectivity index (χ0n) is 18.5. The summed E-state index contributed by atoms with van der Waals surface area (Å²) in [5.74, 6) is -0.0569. The molecular weight excluding hydrogens is 463 g/mol.